The molecular weight excluding hydrogens is 344 g/mol. The molecule has 0 radical (unpaired) electrons. The summed E-state index contributed by atoms with van der Waals surface area (Å²) in [5, 5.41) is 3.01. The van der Waals surface area contributed by atoms with Crippen LogP contribution in [0.2, 0.25) is 5.02 Å². The van der Waals surface area contributed by atoms with Gasteiger partial charge in [-0.1, -0.05) is 41.9 Å². The second-order valence-corrected chi connectivity index (χ2v) is 7.97. The van der Waals surface area contributed by atoms with Crippen LogP contribution in [0.15, 0.2) is 59.6 Å². The Labute approximate surface area is 157 Å². The quantitative estimate of drug-likeness (QED) is 0.511. The zero-order chi connectivity index (χ0) is 18.1. The molecule has 1 atom stereocenters. The monoisotopic (exact) mass is 362 g/mol. The number of anilines is 1. The Morgan fingerprint density at radius 2 is 1.85 bits per heavy atom. The molecule has 3 aromatic rings. The number of ether oxygens (including phenoxy) is 1. The first-order chi connectivity index (χ1) is 12.4. The van der Waals surface area contributed by atoms with Crippen molar-refractivity contribution in [3.63, 3.8) is 0 Å². The van der Waals surface area contributed by atoms with Crippen molar-refractivity contribution in [1.29, 1.82) is 0 Å². The Morgan fingerprint density at radius 3 is 2.69 bits per heavy atom. The molecule has 26 heavy (non-hydrogen) atoms. The number of hydrogen-bond donors (Lipinski definition) is 0. The lowest BCUT2D eigenvalue weighted by Crippen LogP contribution is -2.61. The molecule has 0 fully saturated rings. The molecule has 0 saturated heterocycles. The molecule has 2 heterocycles. The lowest BCUT2D eigenvalue weighted by molar-refractivity contribution is 0.0826. The van der Waals surface area contributed by atoms with Crippen LogP contribution in [0.1, 0.15) is 19.4 Å². The lowest BCUT2D eigenvalue weighted by Gasteiger charge is -2.45. The summed E-state index contributed by atoms with van der Waals surface area (Å²) in [7, 11) is 2.06. The molecule has 0 amide bonds. The minimum Gasteiger partial charge on any atom is -0.459 e. The summed E-state index contributed by atoms with van der Waals surface area (Å²) in [4.78, 5) is 7.05. The fourth-order valence-corrected chi connectivity index (χ4v) is 4.51. The maximum atomic E-state index is 6.67. The van der Waals surface area contributed by atoms with Gasteiger partial charge in [-0.05, 0) is 49.1 Å². The number of rotatable bonds is 0. The van der Waals surface area contributed by atoms with Crippen LogP contribution < -0.4 is 9.64 Å². The Morgan fingerprint density at radius 1 is 1.04 bits per heavy atom. The first-order valence-corrected chi connectivity index (χ1v) is 9.12. The van der Waals surface area contributed by atoms with Gasteiger partial charge < -0.3 is 9.64 Å². The van der Waals surface area contributed by atoms with E-state index in [9.17, 15) is 0 Å². The van der Waals surface area contributed by atoms with Crippen molar-refractivity contribution in [2.45, 2.75) is 25.0 Å². The van der Waals surface area contributed by atoms with E-state index in [4.69, 9.17) is 21.3 Å². The standard InChI is InChI=1S/C22H19ClN2O/c1-21(2)17-12-15(23)9-10-18(17)25(3)22(21)13-24-20-16-7-5-4-6-14(16)8-11-19(20)26-22/h4-13H,1-3H3/t22-/m0/s1. The highest BCUT2D eigenvalue weighted by atomic mass is 35.5. The van der Waals surface area contributed by atoms with Gasteiger partial charge in [-0.25, -0.2) is 0 Å². The number of aliphatic imine (C=N–C) groups is 1. The third-order valence-electron chi connectivity index (χ3n) is 5.88. The van der Waals surface area contributed by atoms with Crippen LogP contribution in [0, 0.1) is 0 Å². The largest absolute Gasteiger partial charge is 0.459 e. The molecule has 0 aromatic heterocycles. The first kappa shape index (κ1) is 15.7. The Kier molecular flexibility index (Phi) is 3.03. The molecule has 2 aliphatic heterocycles. The van der Waals surface area contributed by atoms with Gasteiger partial charge in [0.05, 0.1) is 11.6 Å². The molecule has 3 nitrogen and oxygen atoms in total. The molecular formula is C22H19ClN2O. The molecule has 0 unspecified atom stereocenters. The normalized spacial score (nSPS) is 22.4. The van der Waals surface area contributed by atoms with E-state index >= 15 is 0 Å². The molecule has 0 N–H and O–H groups in total. The van der Waals surface area contributed by atoms with Gasteiger partial charge in [0.15, 0.2) is 0 Å². The van der Waals surface area contributed by atoms with Crippen molar-refractivity contribution in [2.24, 2.45) is 4.99 Å². The molecule has 0 saturated carbocycles. The Bertz CT molecular complexity index is 1090. The lowest BCUT2D eigenvalue weighted by atomic mass is 9.77. The van der Waals surface area contributed by atoms with Gasteiger partial charge in [-0.2, -0.15) is 0 Å². The van der Waals surface area contributed by atoms with Crippen LogP contribution in [0.25, 0.3) is 10.8 Å². The van der Waals surface area contributed by atoms with Gasteiger partial charge in [0.25, 0.3) is 0 Å². The zero-order valence-corrected chi connectivity index (χ0v) is 15.7. The number of fused-ring (bicyclic) bond motifs is 4. The Hall–Kier alpha value is -2.52. The van der Waals surface area contributed by atoms with Crippen LogP contribution >= 0.6 is 11.6 Å². The first-order valence-electron chi connectivity index (χ1n) is 8.74. The van der Waals surface area contributed by atoms with Crippen LogP contribution in [-0.4, -0.2) is 19.0 Å². The summed E-state index contributed by atoms with van der Waals surface area (Å²) in [6, 6.07) is 18.4. The summed E-state index contributed by atoms with van der Waals surface area (Å²) in [5.41, 5.74) is 2.19. The molecule has 0 aliphatic carbocycles. The molecule has 2 aliphatic rings. The van der Waals surface area contributed by atoms with Gasteiger partial charge in [0, 0.05) is 23.1 Å². The number of hydrogen-bond acceptors (Lipinski definition) is 3. The number of nitrogens with zero attached hydrogens (tertiary/aromatic N) is 2. The molecule has 130 valence electrons. The van der Waals surface area contributed by atoms with E-state index < -0.39 is 5.72 Å². The summed E-state index contributed by atoms with van der Waals surface area (Å²) < 4.78 is 6.67. The minimum atomic E-state index is -0.685. The van der Waals surface area contributed by atoms with E-state index in [1.165, 1.54) is 5.56 Å². The van der Waals surface area contributed by atoms with Gasteiger partial charge in [0.2, 0.25) is 5.72 Å². The van der Waals surface area contributed by atoms with Gasteiger partial charge in [-0.3, -0.25) is 4.99 Å². The van der Waals surface area contributed by atoms with Crippen LogP contribution in [0.5, 0.6) is 5.75 Å². The average molecular weight is 363 g/mol. The average Bonchev–Trinajstić information content (AvgIpc) is 2.80. The van der Waals surface area contributed by atoms with E-state index in [1.54, 1.807) is 0 Å². The summed E-state index contributed by atoms with van der Waals surface area (Å²) >= 11 is 6.28. The van der Waals surface area contributed by atoms with E-state index in [1.807, 2.05) is 36.5 Å². The van der Waals surface area contributed by atoms with Crippen LogP contribution in [-0.2, 0) is 5.41 Å². The smallest absolute Gasteiger partial charge is 0.228 e. The van der Waals surface area contributed by atoms with Crippen LogP contribution in [0.4, 0.5) is 11.4 Å². The van der Waals surface area contributed by atoms with Crippen molar-refractivity contribution in [1.82, 2.24) is 0 Å². The Balaban J connectivity index is 1.71. The van der Waals surface area contributed by atoms with E-state index in [-0.39, 0.29) is 5.41 Å². The number of halogens is 1. The fourth-order valence-electron chi connectivity index (χ4n) is 4.33. The predicted molar refractivity (Wildman–Crippen MR) is 108 cm³/mol. The maximum Gasteiger partial charge on any atom is 0.228 e. The third kappa shape index (κ3) is 1.81. The molecule has 3 aromatic carbocycles. The van der Waals surface area contributed by atoms with Crippen molar-refractivity contribution in [3.8, 4) is 5.75 Å². The number of benzene rings is 3. The highest BCUT2D eigenvalue weighted by Gasteiger charge is 2.58. The van der Waals surface area contributed by atoms with Crippen molar-refractivity contribution >= 4 is 40.0 Å². The predicted octanol–water partition coefficient (Wildman–Crippen LogP) is 5.71. The maximum absolute atomic E-state index is 6.67. The summed E-state index contributed by atoms with van der Waals surface area (Å²) in [6.45, 7) is 4.37. The minimum absolute atomic E-state index is 0.311. The van der Waals surface area contributed by atoms with E-state index in [0.29, 0.717) is 0 Å². The zero-order valence-electron chi connectivity index (χ0n) is 15.0. The number of likely N-dealkylation sites (N-methyl/N-ethyl adjacent to an activating group) is 1. The van der Waals surface area contributed by atoms with Crippen molar-refractivity contribution in [2.75, 3.05) is 11.9 Å². The second-order valence-electron chi connectivity index (χ2n) is 7.54. The topological polar surface area (TPSA) is 24.8 Å². The highest BCUT2D eigenvalue weighted by molar-refractivity contribution is 6.30. The SMILES string of the molecule is CN1c2ccc(Cl)cc2C(C)(C)[C@@]12C=Nc1c(ccc3ccccc13)O2. The van der Waals surface area contributed by atoms with Crippen molar-refractivity contribution < 1.29 is 4.74 Å². The van der Waals surface area contributed by atoms with Crippen molar-refractivity contribution in [3.05, 3.63) is 65.2 Å². The fraction of sp³-hybridized carbons (Fsp3) is 0.227. The second kappa shape index (κ2) is 5.01. The molecule has 1 spiro atoms. The summed E-state index contributed by atoms with van der Waals surface area (Å²) in [5.74, 6) is 0.810. The summed E-state index contributed by atoms with van der Waals surface area (Å²) in [6.07, 6.45) is 1.95. The highest BCUT2D eigenvalue weighted by Crippen LogP contribution is 2.54. The third-order valence-corrected chi connectivity index (χ3v) is 6.12. The van der Waals surface area contributed by atoms with Gasteiger partial charge >= 0.3 is 0 Å². The van der Waals surface area contributed by atoms with E-state index in [2.05, 4.69) is 50.1 Å². The van der Waals surface area contributed by atoms with Gasteiger partial charge in [0.1, 0.15) is 11.4 Å². The molecule has 0 bridgehead atoms. The van der Waals surface area contributed by atoms with E-state index in [0.717, 1.165) is 32.9 Å². The van der Waals surface area contributed by atoms with Crippen LogP contribution in [0.3, 0.4) is 0 Å². The molecule has 4 heteroatoms. The molecule has 5 rings (SSSR count). The van der Waals surface area contributed by atoms with Gasteiger partial charge in [-0.15, -0.1) is 0 Å².